The Morgan fingerprint density at radius 1 is 1.00 bits per heavy atom. The van der Waals surface area contributed by atoms with Gasteiger partial charge in [-0.05, 0) is 48.6 Å². The predicted molar refractivity (Wildman–Crippen MR) is 137 cm³/mol. The van der Waals surface area contributed by atoms with Crippen molar-refractivity contribution in [3.63, 3.8) is 0 Å². The number of hydrogen-bond donors (Lipinski definition) is 2. The number of anilines is 2. The molecule has 3 aromatic rings. The van der Waals surface area contributed by atoms with Crippen molar-refractivity contribution in [3.8, 4) is 0 Å². The Hall–Kier alpha value is -3.89. The van der Waals surface area contributed by atoms with Gasteiger partial charge in [0.2, 0.25) is 0 Å². The van der Waals surface area contributed by atoms with E-state index in [4.69, 9.17) is 12.2 Å². The van der Waals surface area contributed by atoms with E-state index >= 15 is 0 Å². The fourth-order valence-corrected chi connectivity index (χ4v) is 4.10. The summed E-state index contributed by atoms with van der Waals surface area (Å²) in [6.45, 7) is 3.94. The van der Waals surface area contributed by atoms with Gasteiger partial charge in [-0.2, -0.15) is 0 Å². The molecule has 1 amide bonds. The third kappa shape index (κ3) is 6.37. The van der Waals surface area contributed by atoms with Crippen molar-refractivity contribution >= 4 is 40.3 Å². The van der Waals surface area contributed by atoms with Gasteiger partial charge < -0.3 is 10.2 Å². The van der Waals surface area contributed by atoms with Crippen molar-refractivity contribution in [2.24, 2.45) is 0 Å². The highest BCUT2D eigenvalue weighted by atomic mass is 32.1. The van der Waals surface area contributed by atoms with E-state index in [9.17, 15) is 19.3 Å². The van der Waals surface area contributed by atoms with Gasteiger partial charge in [-0.15, -0.1) is 0 Å². The Morgan fingerprint density at radius 2 is 1.71 bits per heavy atom. The van der Waals surface area contributed by atoms with Gasteiger partial charge in [0.15, 0.2) is 5.11 Å². The fourth-order valence-electron chi connectivity index (χ4n) is 3.89. The third-order valence-corrected chi connectivity index (χ3v) is 5.96. The van der Waals surface area contributed by atoms with Gasteiger partial charge in [0, 0.05) is 67.4 Å². The molecule has 3 aromatic carbocycles. The first kappa shape index (κ1) is 24.2. The quantitative estimate of drug-likeness (QED) is 0.302. The molecule has 0 bridgehead atoms. The van der Waals surface area contributed by atoms with E-state index in [0.29, 0.717) is 17.8 Å². The Labute approximate surface area is 207 Å². The number of nitro benzene ring substituents is 1. The average Bonchev–Trinajstić information content (AvgIpc) is 2.86. The zero-order chi connectivity index (χ0) is 24.8. The number of hydrogen-bond acceptors (Lipinski definition) is 6. The molecular formula is C25H24FN5O3S. The van der Waals surface area contributed by atoms with Crippen LogP contribution in [0.2, 0.25) is 0 Å². The molecule has 1 aliphatic rings. The lowest BCUT2D eigenvalue weighted by Gasteiger charge is -2.36. The number of piperazine rings is 1. The molecule has 0 aliphatic carbocycles. The molecule has 0 spiro atoms. The van der Waals surface area contributed by atoms with Crippen molar-refractivity contribution < 1.29 is 14.1 Å². The second-order valence-corrected chi connectivity index (χ2v) is 8.53. The second-order valence-electron chi connectivity index (χ2n) is 8.12. The molecule has 4 rings (SSSR count). The molecule has 0 atom stereocenters. The highest BCUT2D eigenvalue weighted by Crippen LogP contribution is 2.21. The molecular weight excluding hydrogens is 469 g/mol. The maximum atomic E-state index is 13.9. The van der Waals surface area contributed by atoms with Crippen LogP contribution in [0.4, 0.5) is 21.5 Å². The smallest absolute Gasteiger partial charge is 0.270 e. The SMILES string of the molecule is O=C(NC(=S)Nc1ccc(N2CCN(Cc3ccccc3F)CC2)cc1)c1cccc([N+](=O)[O-])c1. The number of thiocarbonyl (C=S) groups is 1. The Kier molecular flexibility index (Phi) is 7.64. The normalized spacial score (nSPS) is 13.8. The number of benzene rings is 3. The maximum absolute atomic E-state index is 13.9. The van der Waals surface area contributed by atoms with Crippen molar-refractivity contribution in [1.29, 1.82) is 0 Å². The van der Waals surface area contributed by atoms with Gasteiger partial charge in [-0.1, -0.05) is 24.3 Å². The minimum atomic E-state index is -0.558. The lowest BCUT2D eigenvalue weighted by atomic mass is 10.1. The summed E-state index contributed by atoms with van der Waals surface area (Å²) in [6.07, 6.45) is 0. The maximum Gasteiger partial charge on any atom is 0.270 e. The summed E-state index contributed by atoms with van der Waals surface area (Å²) >= 11 is 5.21. The Balaban J connectivity index is 1.27. The van der Waals surface area contributed by atoms with Gasteiger partial charge in [0.1, 0.15) is 5.82 Å². The summed E-state index contributed by atoms with van der Waals surface area (Å²) in [5, 5.41) is 16.5. The van der Waals surface area contributed by atoms with Gasteiger partial charge in [-0.3, -0.25) is 25.1 Å². The number of non-ortho nitro benzene ring substituents is 1. The molecule has 35 heavy (non-hydrogen) atoms. The first-order chi connectivity index (χ1) is 16.9. The largest absolute Gasteiger partial charge is 0.369 e. The van der Waals surface area contributed by atoms with E-state index < -0.39 is 10.8 Å². The van der Waals surface area contributed by atoms with Crippen molar-refractivity contribution in [3.05, 3.63) is 99.9 Å². The standard InChI is InChI=1S/C25H24FN5O3S/c26-23-7-2-1-4-19(23)17-29-12-14-30(15-13-29)21-10-8-20(9-11-21)27-25(35)28-24(32)18-5-3-6-22(16-18)31(33)34/h1-11,16H,12-15,17H2,(H2,27,28,32,35). The summed E-state index contributed by atoms with van der Waals surface area (Å²) in [6, 6.07) is 20.0. The van der Waals surface area contributed by atoms with E-state index in [-0.39, 0.29) is 22.2 Å². The monoisotopic (exact) mass is 493 g/mol. The summed E-state index contributed by atoms with van der Waals surface area (Å²) in [5.74, 6) is -0.701. The van der Waals surface area contributed by atoms with Gasteiger partial charge in [-0.25, -0.2) is 4.39 Å². The van der Waals surface area contributed by atoms with Crippen molar-refractivity contribution in [2.75, 3.05) is 36.4 Å². The minimum Gasteiger partial charge on any atom is -0.369 e. The first-order valence-corrected chi connectivity index (χ1v) is 11.5. The number of nitrogens with one attached hydrogen (secondary N) is 2. The van der Waals surface area contributed by atoms with E-state index in [1.54, 1.807) is 6.07 Å². The van der Waals surface area contributed by atoms with E-state index in [1.165, 1.54) is 30.3 Å². The highest BCUT2D eigenvalue weighted by Gasteiger charge is 2.18. The number of rotatable bonds is 6. The molecule has 8 nitrogen and oxygen atoms in total. The van der Waals surface area contributed by atoms with Crippen LogP contribution in [-0.2, 0) is 6.54 Å². The molecule has 1 heterocycles. The number of nitro groups is 1. The minimum absolute atomic E-state index is 0.0935. The summed E-state index contributed by atoms with van der Waals surface area (Å²) in [5.41, 5.74) is 2.46. The third-order valence-electron chi connectivity index (χ3n) is 5.76. The average molecular weight is 494 g/mol. The molecule has 0 radical (unpaired) electrons. The zero-order valence-electron chi connectivity index (χ0n) is 18.8. The second kappa shape index (κ2) is 11.0. The first-order valence-electron chi connectivity index (χ1n) is 11.1. The van der Waals surface area contributed by atoms with Crippen LogP contribution in [0.1, 0.15) is 15.9 Å². The molecule has 180 valence electrons. The molecule has 10 heteroatoms. The molecule has 0 saturated carbocycles. The van der Waals surface area contributed by atoms with Crippen LogP contribution in [0.25, 0.3) is 0 Å². The van der Waals surface area contributed by atoms with Crippen molar-refractivity contribution in [1.82, 2.24) is 10.2 Å². The summed E-state index contributed by atoms with van der Waals surface area (Å²) < 4.78 is 13.9. The highest BCUT2D eigenvalue weighted by molar-refractivity contribution is 7.80. The van der Waals surface area contributed by atoms with E-state index in [1.807, 2.05) is 36.4 Å². The van der Waals surface area contributed by atoms with Gasteiger partial charge in [0.05, 0.1) is 4.92 Å². The summed E-state index contributed by atoms with van der Waals surface area (Å²) in [4.78, 5) is 27.2. The van der Waals surface area contributed by atoms with Crippen LogP contribution in [0, 0.1) is 15.9 Å². The molecule has 1 saturated heterocycles. The van der Waals surface area contributed by atoms with Crippen LogP contribution in [0.3, 0.4) is 0 Å². The topological polar surface area (TPSA) is 90.8 Å². The number of amides is 1. The van der Waals surface area contributed by atoms with E-state index in [2.05, 4.69) is 20.4 Å². The Bertz CT molecular complexity index is 1230. The van der Waals surface area contributed by atoms with Crippen LogP contribution in [-0.4, -0.2) is 47.0 Å². The number of halogens is 1. The van der Waals surface area contributed by atoms with Crippen LogP contribution >= 0.6 is 12.2 Å². The number of carbonyl (C=O) groups is 1. The lowest BCUT2D eigenvalue weighted by Crippen LogP contribution is -2.46. The molecule has 1 aliphatic heterocycles. The van der Waals surface area contributed by atoms with Crippen LogP contribution < -0.4 is 15.5 Å². The van der Waals surface area contributed by atoms with Crippen LogP contribution in [0.5, 0.6) is 0 Å². The molecule has 0 aromatic heterocycles. The fraction of sp³-hybridized carbons (Fsp3) is 0.200. The van der Waals surface area contributed by atoms with Crippen molar-refractivity contribution in [2.45, 2.75) is 6.54 Å². The predicted octanol–water partition coefficient (Wildman–Crippen LogP) is 4.18. The number of nitrogens with zero attached hydrogens (tertiary/aromatic N) is 3. The molecule has 2 N–H and O–H groups in total. The number of carbonyl (C=O) groups excluding carboxylic acids is 1. The lowest BCUT2D eigenvalue weighted by molar-refractivity contribution is -0.384. The summed E-state index contributed by atoms with van der Waals surface area (Å²) in [7, 11) is 0. The zero-order valence-corrected chi connectivity index (χ0v) is 19.6. The van der Waals surface area contributed by atoms with Crippen LogP contribution in [0.15, 0.2) is 72.8 Å². The van der Waals surface area contributed by atoms with Gasteiger partial charge in [0.25, 0.3) is 11.6 Å². The van der Waals surface area contributed by atoms with Gasteiger partial charge >= 0.3 is 0 Å². The van der Waals surface area contributed by atoms with E-state index in [0.717, 1.165) is 31.9 Å². The molecule has 0 unspecified atom stereocenters. The molecule has 1 fully saturated rings. The Morgan fingerprint density at radius 3 is 2.40 bits per heavy atom.